The van der Waals surface area contributed by atoms with Crippen molar-refractivity contribution < 1.29 is 23.4 Å². The SMILES string of the molecule is O=C(NCC1(CO)COC1)Nc1c(F)cc(F)cc1Cl. The quantitative estimate of drug-likeness (QED) is 0.793. The number of urea groups is 1. The summed E-state index contributed by atoms with van der Waals surface area (Å²) >= 11 is 5.65. The highest BCUT2D eigenvalue weighted by Gasteiger charge is 2.38. The van der Waals surface area contributed by atoms with E-state index < -0.39 is 23.1 Å². The standard InChI is InChI=1S/C12H13ClF2N2O3/c13-8-1-7(14)2-9(15)10(8)17-11(19)16-3-12(4-18)5-20-6-12/h1-2,18H,3-6H2,(H2,16,17,19). The molecule has 0 atom stereocenters. The summed E-state index contributed by atoms with van der Waals surface area (Å²) in [4.78, 5) is 11.6. The van der Waals surface area contributed by atoms with Crippen LogP contribution in [0, 0.1) is 17.0 Å². The molecule has 1 fully saturated rings. The number of amides is 2. The lowest BCUT2D eigenvalue weighted by Gasteiger charge is -2.39. The fourth-order valence-electron chi connectivity index (χ4n) is 1.73. The van der Waals surface area contributed by atoms with Gasteiger partial charge in [-0.2, -0.15) is 0 Å². The zero-order valence-electron chi connectivity index (χ0n) is 10.4. The molecule has 0 spiro atoms. The molecule has 0 saturated carbocycles. The maximum absolute atomic E-state index is 13.5. The number of aliphatic hydroxyl groups is 1. The van der Waals surface area contributed by atoms with Gasteiger partial charge < -0.3 is 20.5 Å². The summed E-state index contributed by atoms with van der Waals surface area (Å²) in [5.74, 6) is -1.79. The van der Waals surface area contributed by atoms with Gasteiger partial charge in [0.1, 0.15) is 5.82 Å². The number of halogens is 3. The van der Waals surface area contributed by atoms with Gasteiger partial charge in [0.05, 0.1) is 35.9 Å². The van der Waals surface area contributed by atoms with Crippen molar-refractivity contribution in [2.75, 3.05) is 31.7 Å². The van der Waals surface area contributed by atoms with E-state index in [0.717, 1.165) is 6.07 Å². The molecule has 0 radical (unpaired) electrons. The Morgan fingerprint density at radius 3 is 2.65 bits per heavy atom. The van der Waals surface area contributed by atoms with Crippen molar-refractivity contribution in [3.05, 3.63) is 28.8 Å². The average molecular weight is 307 g/mol. The molecular formula is C12H13ClF2N2O3. The van der Waals surface area contributed by atoms with Crippen molar-refractivity contribution in [3.8, 4) is 0 Å². The van der Waals surface area contributed by atoms with Crippen LogP contribution in [0.15, 0.2) is 12.1 Å². The Balaban J connectivity index is 1.95. The lowest BCUT2D eigenvalue weighted by atomic mass is 9.87. The van der Waals surface area contributed by atoms with Gasteiger partial charge in [-0.1, -0.05) is 11.6 Å². The molecule has 1 aromatic carbocycles. The Morgan fingerprint density at radius 2 is 2.15 bits per heavy atom. The fraction of sp³-hybridized carbons (Fsp3) is 0.417. The maximum atomic E-state index is 13.5. The average Bonchev–Trinajstić information content (AvgIpc) is 2.33. The van der Waals surface area contributed by atoms with Crippen LogP contribution >= 0.6 is 11.6 Å². The Kier molecular flexibility index (Phi) is 4.42. The highest BCUT2D eigenvalue weighted by Crippen LogP contribution is 2.27. The van der Waals surface area contributed by atoms with Gasteiger partial charge in [-0.15, -0.1) is 0 Å². The molecule has 3 N–H and O–H groups in total. The minimum absolute atomic E-state index is 0.126. The minimum Gasteiger partial charge on any atom is -0.396 e. The van der Waals surface area contributed by atoms with Gasteiger partial charge in [0, 0.05) is 12.6 Å². The number of aliphatic hydroxyl groups excluding tert-OH is 1. The van der Waals surface area contributed by atoms with Crippen LogP contribution in [0.25, 0.3) is 0 Å². The molecular weight excluding hydrogens is 294 g/mol. The largest absolute Gasteiger partial charge is 0.396 e. The first-order chi connectivity index (χ1) is 9.46. The molecule has 1 aliphatic rings. The monoisotopic (exact) mass is 306 g/mol. The van der Waals surface area contributed by atoms with Gasteiger partial charge in [-0.3, -0.25) is 0 Å². The number of benzene rings is 1. The van der Waals surface area contributed by atoms with E-state index >= 15 is 0 Å². The highest BCUT2D eigenvalue weighted by molar-refractivity contribution is 6.33. The number of hydrogen-bond donors (Lipinski definition) is 3. The van der Waals surface area contributed by atoms with Crippen LogP contribution in [-0.4, -0.2) is 37.5 Å². The molecule has 1 heterocycles. The minimum atomic E-state index is -0.964. The zero-order chi connectivity index (χ0) is 14.8. The third kappa shape index (κ3) is 3.17. The molecule has 2 amide bonds. The number of hydrogen-bond acceptors (Lipinski definition) is 3. The molecule has 2 rings (SSSR count). The third-order valence-electron chi connectivity index (χ3n) is 3.02. The molecule has 0 aromatic heterocycles. The first-order valence-electron chi connectivity index (χ1n) is 5.84. The van der Waals surface area contributed by atoms with Crippen LogP contribution in [0.5, 0.6) is 0 Å². The summed E-state index contributed by atoms with van der Waals surface area (Å²) in [5.41, 5.74) is -0.795. The lowest BCUT2D eigenvalue weighted by molar-refractivity contribution is -0.132. The molecule has 1 saturated heterocycles. The Labute approximate surface area is 118 Å². The van der Waals surface area contributed by atoms with Crippen molar-refractivity contribution in [2.24, 2.45) is 5.41 Å². The van der Waals surface area contributed by atoms with Crippen LogP contribution < -0.4 is 10.6 Å². The molecule has 110 valence electrons. The van der Waals surface area contributed by atoms with Crippen molar-refractivity contribution in [1.82, 2.24) is 5.32 Å². The van der Waals surface area contributed by atoms with E-state index in [2.05, 4.69) is 10.6 Å². The van der Waals surface area contributed by atoms with Crippen LogP contribution in [-0.2, 0) is 4.74 Å². The number of ether oxygens (including phenoxy) is 1. The van der Waals surface area contributed by atoms with Gasteiger partial charge in [-0.05, 0) is 6.07 Å². The number of nitrogens with one attached hydrogen (secondary N) is 2. The lowest BCUT2D eigenvalue weighted by Crippen LogP contribution is -2.53. The highest BCUT2D eigenvalue weighted by atomic mass is 35.5. The van der Waals surface area contributed by atoms with E-state index in [1.165, 1.54) is 0 Å². The van der Waals surface area contributed by atoms with Crippen molar-refractivity contribution >= 4 is 23.3 Å². The predicted octanol–water partition coefficient (Wildman–Crippen LogP) is 1.75. The van der Waals surface area contributed by atoms with E-state index in [4.69, 9.17) is 16.3 Å². The van der Waals surface area contributed by atoms with E-state index in [9.17, 15) is 18.7 Å². The number of carbonyl (C=O) groups is 1. The van der Waals surface area contributed by atoms with Gasteiger partial charge in [-0.25, -0.2) is 13.6 Å². The summed E-state index contributed by atoms with van der Waals surface area (Å²) in [7, 11) is 0. The van der Waals surface area contributed by atoms with Crippen LogP contribution in [0.1, 0.15) is 0 Å². The zero-order valence-corrected chi connectivity index (χ0v) is 11.1. The van der Waals surface area contributed by atoms with Crippen LogP contribution in [0.4, 0.5) is 19.3 Å². The maximum Gasteiger partial charge on any atom is 0.319 e. The molecule has 1 aliphatic heterocycles. The smallest absolute Gasteiger partial charge is 0.319 e. The van der Waals surface area contributed by atoms with Crippen LogP contribution in [0.3, 0.4) is 0 Å². The van der Waals surface area contributed by atoms with Gasteiger partial charge in [0.2, 0.25) is 0 Å². The Bertz CT molecular complexity index is 495. The van der Waals surface area contributed by atoms with Crippen molar-refractivity contribution in [1.29, 1.82) is 0 Å². The summed E-state index contributed by atoms with van der Waals surface area (Å²) < 4.78 is 31.3. The molecule has 1 aromatic rings. The fourth-order valence-corrected chi connectivity index (χ4v) is 1.97. The second-order valence-electron chi connectivity index (χ2n) is 4.70. The Morgan fingerprint density at radius 1 is 1.45 bits per heavy atom. The van der Waals surface area contributed by atoms with E-state index in [-0.39, 0.29) is 23.9 Å². The van der Waals surface area contributed by atoms with E-state index in [1.807, 2.05) is 0 Å². The number of anilines is 1. The molecule has 8 heteroatoms. The molecule has 20 heavy (non-hydrogen) atoms. The first-order valence-corrected chi connectivity index (χ1v) is 6.22. The second kappa shape index (κ2) is 5.90. The third-order valence-corrected chi connectivity index (χ3v) is 3.32. The van der Waals surface area contributed by atoms with E-state index in [0.29, 0.717) is 19.3 Å². The summed E-state index contributed by atoms with van der Waals surface area (Å²) in [5, 5.41) is 13.6. The van der Waals surface area contributed by atoms with Gasteiger partial charge in [0.25, 0.3) is 0 Å². The molecule has 0 bridgehead atoms. The number of carbonyl (C=O) groups excluding carboxylic acids is 1. The summed E-state index contributed by atoms with van der Waals surface area (Å²) in [6.45, 7) is 0.736. The van der Waals surface area contributed by atoms with Crippen LogP contribution in [0.2, 0.25) is 5.02 Å². The second-order valence-corrected chi connectivity index (χ2v) is 5.11. The summed E-state index contributed by atoms with van der Waals surface area (Å²) in [6, 6.07) is 0.822. The van der Waals surface area contributed by atoms with Crippen molar-refractivity contribution in [3.63, 3.8) is 0 Å². The first kappa shape index (κ1) is 15.0. The van der Waals surface area contributed by atoms with E-state index in [1.54, 1.807) is 0 Å². The van der Waals surface area contributed by atoms with Gasteiger partial charge >= 0.3 is 6.03 Å². The topological polar surface area (TPSA) is 70.6 Å². The van der Waals surface area contributed by atoms with Crippen molar-refractivity contribution in [2.45, 2.75) is 0 Å². The Hall–Kier alpha value is -1.44. The van der Waals surface area contributed by atoms with Gasteiger partial charge in [0.15, 0.2) is 5.82 Å². The molecule has 5 nitrogen and oxygen atoms in total. The predicted molar refractivity (Wildman–Crippen MR) is 68.7 cm³/mol. The number of rotatable bonds is 4. The molecule has 0 aliphatic carbocycles. The molecule has 0 unspecified atom stereocenters. The summed E-state index contributed by atoms with van der Waals surface area (Å²) in [6.07, 6.45) is 0. The normalized spacial score (nSPS) is 16.4.